The second-order valence-corrected chi connectivity index (χ2v) is 5.55. The van der Waals surface area contributed by atoms with E-state index in [1.165, 1.54) is 5.56 Å². The predicted octanol–water partition coefficient (Wildman–Crippen LogP) is 1.79. The summed E-state index contributed by atoms with van der Waals surface area (Å²) in [5.41, 5.74) is 1.33. The molecule has 1 amide bonds. The molecule has 2 aliphatic heterocycles. The molecule has 2 aliphatic rings. The van der Waals surface area contributed by atoms with E-state index in [1.807, 2.05) is 0 Å². The van der Waals surface area contributed by atoms with Crippen molar-refractivity contribution >= 4 is 5.91 Å². The number of hydrogen-bond acceptors (Lipinski definition) is 2. The molecule has 2 fully saturated rings. The third-order valence-electron chi connectivity index (χ3n) is 4.43. The third-order valence-corrected chi connectivity index (χ3v) is 4.43. The second-order valence-electron chi connectivity index (χ2n) is 5.55. The lowest BCUT2D eigenvalue weighted by Crippen LogP contribution is -2.43. The Labute approximate surface area is 108 Å². The van der Waals surface area contributed by atoms with Crippen molar-refractivity contribution in [1.82, 2.24) is 10.2 Å². The van der Waals surface area contributed by atoms with Gasteiger partial charge >= 0.3 is 0 Å². The molecule has 0 radical (unpaired) electrons. The Morgan fingerprint density at radius 3 is 2.44 bits per heavy atom. The van der Waals surface area contributed by atoms with Gasteiger partial charge in [0, 0.05) is 13.1 Å². The maximum absolute atomic E-state index is 11.9. The number of piperidine rings is 1. The molecule has 0 saturated carbocycles. The van der Waals surface area contributed by atoms with Crippen molar-refractivity contribution in [3.63, 3.8) is 0 Å². The van der Waals surface area contributed by atoms with E-state index in [0.717, 1.165) is 45.4 Å². The van der Waals surface area contributed by atoms with Gasteiger partial charge in [0.25, 0.3) is 0 Å². The van der Waals surface area contributed by atoms with Crippen molar-refractivity contribution in [1.29, 1.82) is 0 Å². The number of carbonyl (C=O) groups excluding carboxylic acids is 1. The van der Waals surface area contributed by atoms with Gasteiger partial charge in [0.1, 0.15) is 0 Å². The van der Waals surface area contributed by atoms with Crippen LogP contribution in [0.1, 0.15) is 24.8 Å². The minimum absolute atomic E-state index is 0.0345. The molecule has 3 rings (SSSR count). The fourth-order valence-electron chi connectivity index (χ4n) is 3.17. The molecule has 1 spiro atoms. The van der Waals surface area contributed by atoms with E-state index >= 15 is 0 Å². The van der Waals surface area contributed by atoms with Crippen molar-refractivity contribution in [2.24, 2.45) is 5.41 Å². The molecule has 3 nitrogen and oxygen atoms in total. The Bertz CT molecular complexity index is 421. The van der Waals surface area contributed by atoms with E-state index in [-0.39, 0.29) is 5.41 Å². The first-order valence-electron chi connectivity index (χ1n) is 6.83. The smallest absolute Gasteiger partial charge is 0.226 e. The fraction of sp³-hybridized carbons (Fsp3) is 0.533. The lowest BCUT2D eigenvalue weighted by Gasteiger charge is -2.37. The summed E-state index contributed by atoms with van der Waals surface area (Å²) in [6, 6.07) is 10.6. The minimum atomic E-state index is -0.0345. The molecule has 0 aromatic heterocycles. The van der Waals surface area contributed by atoms with Gasteiger partial charge in [-0.05, 0) is 37.9 Å². The molecule has 2 saturated heterocycles. The maximum Gasteiger partial charge on any atom is 0.226 e. The Kier molecular flexibility index (Phi) is 3.08. The van der Waals surface area contributed by atoms with Crippen LogP contribution in [0.25, 0.3) is 0 Å². The van der Waals surface area contributed by atoms with Crippen LogP contribution in [0.4, 0.5) is 0 Å². The number of benzene rings is 1. The first-order chi connectivity index (χ1) is 8.78. The van der Waals surface area contributed by atoms with Gasteiger partial charge in [0.05, 0.1) is 5.41 Å². The number of carbonyl (C=O) groups is 1. The van der Waals surface area contributed by atoms with E-state index in [4.69, 9.17) is 0 Å². The highest BCUT2D eigenvalue weighted by atomic mass is 16.2. The van der Waals surface area contributed by atoms with Gasteiger partial charge in [-0.1, -0.05) is 30.3 Å². The molecule has 1 aromatic rings. The Morgan fingerprint density at radius 2 is 1.83 bits per heavy atom. The van der Waals surface area contributed by atoms with Crippen LogP contribution < -0.4 is 5.32 Å². The zero-order valence-corrected chi connectivity index (χ0v) is 10.7. The molecule has 96 valence electrons. The van der Waals surface area contributed by atoms with E-state index in [1.54, 1.807) is 0 Å². The maximum atomic E-state index is 11.9. The largest absolute Gasteiger partial charge is 0.356 e. The Hall–Kier alpha value is -1.35. The Balaban J connectivity index is 1.59. The number of nitrogens with zero attached hydrogens (tertiary/aromatic N) is 1. The van der Waals surface area contributed by atoms with Gasteiger partial charge < -0.3 is 5.32 Å². The summed E-state index contributed by atoms with van der Waals surface area (Å²) in [4.78, 5) is 14.4. The zero-order chi connectivity index (χ0) is 12.4. The molecular formula is C15H20N2O. The average Bonchev–Trinajstić information content (AvgIpc) is 2.75. The van der Waals surface area contributed by atoms with E-state index in [9.17, 15) is 4.79 Å². The molecule has 0 bridgehead atoms. The van der Waals surface area contributed by atoms with Gasteiger partial charge in [-0.15, -0.1) is 0 Å². The molecule has 0 unspecified atom stereocenters. The summed E-state index contributed by atoms with van der Waals surface area (Å²) in [7, 11) is 0. The van der Waals surface area contributed by atoms with Gasteiger partial charge in [-0.25, -0.2) is 0 Å². The molecule has 3 heteroatoms. The van der Waals surface area contributed by atoms with Crippen LogP contribution in [0.15, 0.2) is 30.3 Å². The van der Waals surface area contributed by atoms with Crippen LogP contribution in [-0.2, 0) is 11.3 Å². The average molecular weight is 244 g/mol. The number of rotatable bonds is 2. The van der Waals surface area contributed by atoms with Crippen LogP contribution >= 0.6 is 0 Å². The summed E-state index contributed by atoms with van der Waals surface area (Å²) in [5, 5.41) is 2.99. The SMILES string of the molecule is O=C1NCCC12CCN(Cc1ccccc1)CC2. The monoisotopic (exact) mass is 244 g/mol. The first kappa shape index (κ1) is 11.7. The standard InChI is InChI=1S/C15H20N2O/c18-14-15(6-9-16-14)7-10-17(11-8-15)12-13-4-2-1-3-5-13/h1-5H,6-12H2,(H,16,18). The van der Waals surface area contributed by atoms with Crippen LogP contribution in [0.3, 0.4) is 0 Å². The lowest BCUT2D eigenvalue weighted by molar-refractivity contribution is -0.130. The van der Waals surface area contributed by atoms with Crippen molar-refractivity contribution in [3.05, 3.63) is 35.9 Å². The van der Waals surface area contributed by atoms with E-state index in [0.29, 0.717) is 5.91 Å². The quantitative estimate of drug-likeness (QED) is 0.860. The zero-order valence-electron chi connectivity index (χ0n) is 10.7. The number of likely N-dealkylation sites (tertiary alicyclic amines) is 1. The van der Waals surface area contributed by atoms with Crippen molar-refractivity contribution in [2.45, 2.75) is 25.8 Å². The van der Waals surface area contributed by atoms with Crippen LogP contribution in [0, 0.1) is 5.41 Å². The molecule has 1 N–H and O–H groups in total. The van der Waals surface area contributed by atoms with Gasteiger partial charge in [-0.2, -0.15) is 0 Å². The van der Waals surface area contributed by atoms with Crippen LogP contribution in [0.5, 0.6) is 0 Å². The summed E-state index contributed by atoms with van der Waals surface area (Å²) in [6.45, 7) is 3.97. The lowest BCUT2D eigenvalue weighted by atomic mass is 9.77. The summed E-state index contributed by atoms with van der Waals surface area (Å²) in [6.07, 6.45) is 3.07. The van der Waals surface area contributed by atoms with E-state index in [2.05, 4.69) is 40.5 Å². The molecule has 2 heterocycles. The summed E-state index contributed by atoms with van der Waals surface area (Å²) in [5.74, 6) is 0.293. The van der Waals surface area contributed by atoms with Crippen LogP contribution in [-0.4, -0.2) is 30.4 Å². The van der Waals surface area contributed by atoms with Crippen molar-refractivity contribution in [2.75, 3.05) is 19.6 Å². The van der Waals surface area contributed by atoms with Gasteiger partial charge in [0.2, 0.25) is 5.91 Å². The second kappa shape index (κ2) is 4.73. The Morgan fingerprint density at radius 1 is 1.11 bits per heavy atom. The highest BCUT2D eigenvalue weighted by Crippen LogP contribution is 2.38. The minimum Gasteiger partial charge on any atom is -0.356 e. The summed E-state index contributed by atoms with van der Waals surface area (Å²) >= 11 is 0. The number of amides is 1. The van der Waals surface area contributed by atoms with Gasteiger partial charge in [0.15, 0.2) is 0 Å². The predicted molar refractivity (Wildman–Crippen MR) is 71.0 cm³/mol. The van der Waals surface area contributed by atoms with Crippen LogP contribution in [0.2, 0.25) is 0 Å². The van der Waals surface area contributed by atoms with E-state index < -0.39 is 0 Å². The molecule has 0 atom stereocenters. The van der Waals surface area contributed by atoms with Gasteiger partial charge in [-0.3, -0.25) is 9.69 Å². The topological polar surface area (TPSA) is 32.3 Å². The first-order valence-corrected chi connectivity index (χ1v) is 6.83. The fourth-order valence-corrected chi connectivity index (χ4v) is 3.17. The molecule has 0 aliphatic carbocycles. The highest BCUT2D eigenvalue weighted by molar-refractivity contribution is 5.84. The molecular weight excluding hydrogens is 224 g/mol. The normalized spacial score (nSPS) is 23.2. The molecule has 1 aromatic carbocycles. The third kappa shape index (κ3) is 2.15. The van der Waals surface area contributed by atoms with Crippen molar-refractivity contribution in [3.8, 4) is 0 Å². The summed E-state index contributed by atoms with van der Waals surface area (Å²) < 4.78 is 0. The van der Waals surface area contributed by atoms with Crippen molar-refractivity contribution < 1.29 is 4.79 Å². The highest BCUT2D eigenvalue weighted by Gasteiger charge is 2.44. The number of nitrogens with one attached hydrogen (secondary N) is 1. The number of hydrogen-bond donors (Lipinski definition) is 1. The molecule has 18 heavy (non-hydrogen) atoms.